The number of nitrogens with zero attached hydrogens (tertiary/aromatic N) is 1. The van der Waals surface area contributed by atoms with Gasteiger partial charge in [0.05, 0.1) is 4.90 Å². The van der Waals surface area contributed by atoms with E-state index < -0.39 is 10.0 Å². The number of nitrogens with one attached hydrogen (secondary N) is 1. The van der Waals surface area contributed by atoms with Crippen molar-refractivity contribution in [3.8, 4) is 0 Å². The maximum Gasteiger partial charge on any atom is 0.243 e. The van der Waals surface area contributed by atoms with Crippen LogP contribution in [0.5, 0.6) is 0 Å². The molecule has 2 aromatic rings. The Morgan fingerprint density at radius 1 is 1.24 bits per heavy atom. The van der Waals surface area contributed by atoms with Crippen molar-refractivity contribution in [2.24, 2.45) is 0 Å². The largest absolute Gasteiger partial charge is 0.388 e. The lowest BCUT2D eigenvalue weighted by atomic mass is 10.3. The van der Waals surface area contributed by atoms with Gasteiger partial charge in [-0.25, -0.2) is 8.42 Å². The third-order valence-electron chi connectivity index (χ3n) is 3.62. The lowest BCUT2D eigenvalue weighted by molar-refractivity contribution is 0.399. The van der Waals surface area contributed by atoms with Crippen molar-refractivity contribution >= 4 is 27.0 Å². The maximum absolute atomic E-state index is 12.8. The lowest BCUT2D eigenvalue weighted by Gasteiger charge is -2.21. The van der Waals surface area contributed by atoms with Crippen molar-refractivity contribution < 1.29 is 8.42 Å². The number of rotatable bonds is 6. The Balaban J connectivity index is 1.89. The van der Waals surface area contributed by atoms with Gasteiger partial charge >= 0.3 is 0 Å². The number of benzene rings is 1. The number of hydrogen-bond donors (Lipinski definition) is 1. The first-order valence-corrected chi connectivity index (χ1v) is 9.30. The Morgan fingerprint density at radius 2 is 1.95 bits per heavy atom. The molecule has 1 aliphatic rings. The second-order valence-corrected chi connectivity index (χ2v) is 7.86. The molecule has 0 saturated heterocycles. The molecule has 0 unspecified atom stereocenters. The molecule has 0 spiro atoms. The molecular formula is C15H18N2O2S2. The normalized spacial score (nSPS) is 15.3. The van der Waals surface area contributed by atoms with Gasteiger partial charge in [-0.05, 0) is 59.5 Å². The third kappa shape index (κ3) is 3.12. The van der Waals surface area contributed by atoms with Crippen LogP contribution >= 0.6 is 11.3 Å². The summed E-state index contributed by atoms with van der Waals surface area (Å²) in [7, 11) is -1.61. The smallest absolute Gasteiger partial charge is 0.243 e. The minimum atomic E-state index is -3.43. The predicted octanol–water partition coefficient (Wildman–Crippen LogP) is 3.14. The molecule has 1 aromatic heterocycles. The first kappa shape index (κ1) is 14.6. The van der Waals surface area contributed by atoms with Crippen molar-refractivity contribution in [3.63, 3.8) is 0 Å². The van der Waals surface area contributed by atoms with Crippen LogP contribution in [-0.4, -0.2) is 25.8 Å². The molecule has 1 aliphatic carbocycles. The fourth-order valence-corrected chi connectivity index (χ4v) is 4.60. The molecular weight excluding hydrogens is 304 g/mol. The minimum absolute atomic E-state index is 0.152. The molecule has 4 nitrogen and oxygen atoms in total. The van der Waals surface area contributed by atoms with Crippen LogP contribution in [0.3, 0.4) is 0 Å². The van der Waals surface area contributed by atoms with E-state index in [-0.39, 0.29) is 6.04 Å². The molecule has 1 fully saturated rings. The molecule has 0 amide bonds. The summed E-state index contributed by atoms with van der Waals surface area (Å²) in [5.41, 5.74) is 1.96. The van der Waals surface area contributed by atoms with E-state index in [1.807, 2.05) is 23.9 Å². The summed E-state index contributed by atoms with van der Waals surface area (Å²) in [6.45, 7) is 0.463. The summed E-state index contributed by atoms with van der Waals surface area (Å²) < 4.78 is 27.3. The molecule has 1 aromatic carbocycles. The first-order valence-electron chi connectivity index (χ1n) is 6.92. The number of thiophene rings is 1. The second kappa shape index (κ2) is 5.79. The highest BCUT2D eigenvalue weighted by Crippen LogP contribution is 2.34. The Hall–Kier alpha value is -1.37. The number of hydrogen-bond acceptors (Lipinski definition) is 4. The fraction of sp³-hybridized carbons (Fsp3) is 0.333. The second-order valence-electron chi connectivity index (χ2n) is 5.19. The standard InChI is InChI=1S/C15H18N2O2S2/c1-16-13-2-6-15(7-3-13)21(18,19)17(14-4-5-14)10-12-8-9-20-11-12/h2-3,6-9,11,14,16H,4-5,10H2,1H3. The average Bonchev–Trinajstić information content (AvgIpc) is 3.20. The Morgan fingerprint density at radius 3 is 2.48 bits per heavy atom. The molecule has 0 aliphatic heterocycles. The SMILES string of the molecule is CNc1ccc(S(=O)(=O)N(Cc2ccsc2)C2CC2)cc1. The van der Waals surface area contributed by atoms with Crippen LogP contribution in [0, 0.1) is 0 Å². The lowest BCUT2D eigenvalue weighted by Crippen LogP contribution is -2.32. The molecule has 0 radical (unpaired) electrons. The minimum Gasteiger partial charge on any atom is -0.388 e. The molecule has 1 saturated carbocycles. The van der Waals surface area contributed by atoms with Crippen molar-refractivity contribution in [2.75, 3.05) is 12.4 Å². The zero-order valence-corrected chi connectivity index (χ0v) is 13.5. The monoisotopic (exact) mass is 322 g/mol. The van der Waals surface area contributed by atoms with E-state index in [0.29, 0.717) is 11.4 Å². The van der Waals surface area contributed by atoms with Crippen molar-refractivity contribution in [2.45, 2.75) is 30.3 Å². The zero-order chi connectivity index (χ0) is 14.9. The predicted molar refractivity (Wildman–Crippen MR) is 86.1 cm³/mol. The Labute approximate surface area is 129 Å². The Bertz CT molecular complexity index is 690. The summed E-state index contributed by atoms with van der Waals surface area (Å²) >= 11 is 1.60. The third-order valence-corrected chi connectivity index (χ3v) is 6.27. The van der Waals surface area contributed by atoms with Gasteiger partial charge in [0, 0.05) is 25.3 Å². The van der Waals surface area contributed by atoms with Gasteiger partial charge in [-0.2, -0.15) is 15.6 Å². The van der Waals surface area contributed by atoms with Crippen LogP contribution in [0.25, 0.3) is 0 Å². The van der Waals surface area contributed by atoms with E-state index in [1.54, 1.807) is 39.9 Å². The van der Waals surface area contributed by atoms with Gasteiger partial charge in [-0.1, -0.05) is 0 Å². The first-order chi connectivity index (χ1) is 10.1. The van der Waals surface area contributed by atoms with Gasteiger partial charge in [0.2, 0.25) is 10.0 Å². The summed E-state index contributed by atoms with van der Waals surface area (Å²) in [6, 6.07) is 9.07. The van der Waals surface area contributed by atoms with Gasteiger partial charge < -0.3 is 5.32 Å². The van der Waals surface area contributed by atoms with E-state index in [9.17, 15) is 8.42 Å². The van der Waals surface area contributed by atoms with E-state index in [0.717, 1.165) is 24.1 Å². The van der Waals surface area contributed by atoms with Crippen LogP contribution in [-0.2, 0) is 16.6 Å². The highest BCUT2D eigenvalue weighted by atomic mass is 32.2. The zero-order valence-electron chi connectivity index (χ0n) is 11.8. The van der Waals surface area contributed by atoms with Crippen LogP contribution < -0.4 is 5.32 Å². The van der Waals surface area contributed by atoms with E-state index in [4.69, 9.17) is 0 Å². The number of sulfonamides is 1. The molecule has 0 atom stereocenters. The summed E-state index contributed by atoms with van der Waals surface area (Å²) in [4.78, 5) is 0.364. The highest BCUT2D eigenvalue weighted by Gasteiger charge is 2.38. The van der Waals surface area contributed by atoms with Gasteiger partial charge in [0.25, 0.3) is 0 Å². The van der Waals surface area contributed by atoms with E-state index >= 15 is 0 Å². The molecule has 1 heterocycles. The molecule has 21 heavy (non-hydrogen) atoms. The molecule has 0 bridgehead atoms. The highest BCUT2D eigenvalue weighted by molar-refractivity contribution is 7.89. The van der Waals surface area contributed by atoms with Crippen LogP contribution in [0.15, 0.2) is 46.0 Å². The average molecular weight is 322 g/mol. The van der Waals surface area contributed by atoms with E-state index in [1.165, 1.54) is 0 Å². The van der Waals surface area contributed by atoms with Crippen molar-refractivity contribution in [3.05, 3.63) is 46.7 Å². The van der Waals surface area contributed by atoms with Gasteiger partial charge in [0.15, 0.2) is 0 Å². The van der Waals surface area contributed by atoms with Crippen LogP contribution in [0.1, 0.15) is 18.4 Å². The van der Waals surface area contributed by atoms with Crippen molar-refractivity contribution in [1.82, 2.24) is 4.31 Å². The fourth-order valence-electron chi connectivity index (χ4n) is 2.26. The Kier molecular flexibility index (Phi) is 4.01. The molecule has 3 rings (SSSR count). The van der Waals surface area contributed by atoms with Gasteiger partial charge in [0.1, 0.15) is 0 Å². The topological polar surface area (TPSA) is 49.4 Å². The molecule has 6 heteroatoms. The number of anilines is 1. The summed E-state index contributed by atoms with van der Waals surface area (Å²) in [6.07, 6.45) is 1.91. The van der Waals surface area contributed by atoms with Crippen LogP contribution in [0.2, 0.25) is 0 Å². The van der Waals surface area contributed by atoms with Crippen molar-refractivity contribution in [1.29, 1.82) is 0 Å². The quantitative estimate of drug-likeness (QED) is 0.889. The maximum atomic E-state index is 12.8. The van der Waals surface area contributed by atoms with E-state index in [2.05, 4.69) is 5.32 Å². The molecule has 112 valence electrons. The summed E-state index contributed by atoms with van der Waals surface area (Å²) in [5.74, 6) is 0. The summed E-state index contributed by atoms with van der Waals surface area (Å²) in [5, 5.41) is 6.99. The van der Waals surface area contributed by atoms with Crippen LogP contribution in [0.4, 0.5) is 5.69 Å². The van der Waals surface area contributed by atoms with Gasteiger partial charge in [-0.15, -0.1) is 0 Å². The van der Waals surface area contributed by atoms with Gasteiger partial charge in [-0.3, -0.25) is 0 Å². The molecule has 1 N–H and O–H groups in total.